The van der Waals surface area contributed by atoms with Crippen molar-refractivity contribution in [1.29, 1.82) is 0 Å². The number of nitrogens with one attached hydrogen (secondary N) is 4. The van der Waals surface area contributed by atoms with Crippen molar-refractivity contribution in [2.24, 2.45) is 0 Å². The minimum absolute atomic E-state index is 0. The van der Waals surface area contributed by atoms with Gasteiger partial charge in [0.1, 0.15) is 0 Å². The van der Waals surface area contributed by atoms with Crippen LogP contribution in [0.25, 0.3) is 0 Å². The number of rotatable bonds is 44. The van der Waals surface area contributed by atoms with Crippen molar-refractivity contribution < 1.29 is 21.1 Å². The molecule has 498 valence electrons. The van der Waals surface area contributed by atoms with E-state index in [1.807, 2.05) is 0 Å². The number of aryl methyl sites for hydroxylation is 4. The Morgan fingerprint density at radius 2 is 0.404 bits per heavy atom. The van der Waals surface area contributed by atoms with Gasteiger partial charge in [0.25, 0.3) is 0 Å². The third kappa shape index (κ3) is 43.6. The molecule has 0 amide bonds. The molecular formula is C76H120MoN4S8. The minimum Gasteiger partial charge on any atom is -0.411 e. The molecule has 0 aliphatic carbocycles. The van der Waals surface area contributed by atoms with E-state index in [1.54, 1.807) is 0 Å². The fourth-order valence-corrected chi connectivity index (χ4v) is 12.3. The van der Waals surface area contributed by atoms with Crippen molar-refractivity contribution in [1.82, 2.24) is 0 Å². The van der Waals surface area contributed by atoms with Crippen molar-refractivity contribution in [2.75, 3.05) is 21.3 Å². The molecule has 0 aliphatic heterocycles. The Balaban J connectivity index is 0.00000116. The van der Waals surface area contributed by atoms with Crippen LogP contribution >= 0.6 is 48.9 Å². The van der Waals surface area contributed by atoms with Crippen molar-refractivity contribution in [2.45, 2.75) is 312 Å². The van der Waals surface area contributed by atoms with Crippen molar-refractivity contribution >= 4 is 139 Å². The maximum Gasteiger partial charge on any atom is 4.00 e. The molecule has 0 heterocycles. The van der Waals surface area contributed by atoms with Crippen LogP contribution in [-0.4, -0.2) is 17.3 Å². The van der Waals surface area contributed by atoms with Gasteiger partial charge in [-0.15, -0.1) is 0 Å². The summed E-state index contributed by atoms with van der Waals surface area (Å²) in [4.78, 5) is 0. The van der Waals surface area contributed by atoms with E-state index < -0.39 is 0 Å². The van der Waals surface area contributed by atoms with E-state index in [1.165, 1.54) is 276 Å². The molecule has 0 saturated heterocycles. The quantitative estimate of drug-likeness (QED) is 0.0148. The summed E-state index contributed by atoms with van der Waals surface area (Å²) in [5, 5.41) is 12.8. The van der Waals surface area contributed by atoms with Gasteiger partial charge in [0, 0.05) is 22.7 Å². The minimum atomic E-state index is 0. The van der Waals surface area contributed by atoms with E-state index >= 15 is 0 Å². The number of benzene rings is 4. The molecule has 0 unspecified atom stereocenters. The van der Waals surface area contributed by atoms with Gasteiger partial charge in [-0.3, -0.25) is 0 Å². The Morgan fingerprint density at radius 1 is 0.247 bits per heavy atom. The monoisotopic (exact) mass is 1440 g/mol. The molecule has 0 spiro atoms. The zero-order valence-electron chi connectivity index (χ0n) is 56.9. The molecule has 0 fully saturated rings. The third-order valence-corrected chi connectivity index (χ3v) is 17.2. The first-order valence-corrected chi connectivity index (χ1v) is 38.4. The average molecular weight is 1440 g/mol. The largest absolute Gasteiger partial charge is 4.00 e. The van der Waals surface area contributed by atoms with Crippen LogP contribution in [0.5, 0.6) is 0 Å². The summed E-state index contributed by atoms with van der Waals surface area (Å²) in [6, 6.07) is 26.1. The van der Waals surface area contributed by atoms with E-state index in [2.05, 4.69) is 149 Å². The van der Waals surface area contributed by atoms with Gasteiger partial charge < -0.3 is 121 Å². The Hall–Kier alpha value is -1.99. The molecule has 4 nitrogen and oxygen atoms in total. The molecular weight excluding hydrogens is 1320 g/mol. The Bertz CT molecular complexity index is 2110. The van der Waals surface area contributed by atoms with Gasteiger partial charge in [-0.2, -0.15) is 0 Å². The molecule has 0 radical (unpaired) electrons. The zero-order chi connectivity index (χ0) is 64.8. The van der Waals surface area contributed by atoms with Crippen LogP contribution in [0.3, 0.4) is 0 Å². The maximum atomic E-state index is 5.06. The van der Waals surface area contributed by atoms with Crippen molar-refractivity contribution in [3.8, 4) is 0 Å². The first-order chi connectivity index (χ1) is 42.7. The fraction of sp³-hybridized carbons (Fsp3) is 0.632. The van der Waals surface area contributed by atoms with E-state index in [0.717, 1.165) is 48.4 Å². The number of thiocarbonyl (C=S) groups is 4. The summed E-state index contributed by atoms with van der Waals surface area (Å²) in [7, 11) is 0. The zero-order valence-corrected chi connectivity index (χ0v) is 65.4. The summed E-state index contributed by atoms with van der Waals surface area (Å²) in [5.74, 6) is 0. The number of hydrogen-bond donors (Lipinski definition) is 4. The number of unbranched alkanes of at least 4 members (excludes halogenated alkanes) is 24. The molecule has 4 rings (SSSR count). The van der Waals surface area contributed by atoms with Crippen LogP contribution in [0.15, 0.2) is 72.8 Å². The second-order valence-corrected chi connectivity index (χ2v) is 28.2. The molecule has 13 heteroatoms. The molecule has 0 atom stereocenters. The molecule has 4 aromatic carbocycles. The second-order valence-electron chi connectivity index (χ2n) is 23.9. The third-order valence-electron chi connectivity index (χ3n) is 16.4. The molecule has 0 bridgehead atoms. The molecule has 0 saturated carbocycles. The summed E-state index contributed by atoms with van der Waals surface area (Å²) < 4.78 is 1.77. The summed E-state index contributed by atoms with van der Waals surface area (Å²) in [6.07, 6.45) is 50.7. The Morgan fingerprint density at radius 3 is 0.551 bits per heavy atom. The number of anilines is 4. The van der Waals surface area contributed by atoms with Crippen LogP contribution in [0.4, 0.5) is 22.7 Å². The predicted octanol–water partition coefficient (Wildman–Crippen LogP) is 24.7. The van der Waals surface area contributed by atoms with Crippen LogP contribution in [0, 0.1) is 0 Å². The van der Waals surface area contributed by atoms with Crippen molar-refractivity contribution in [3.63, 3.8) is 0 Å². The van der Waals surface area contributed by atoms with E-state index in [4.69, 9.17) is 99.4 Å². The maximum absolute atomic E-state index is 5.06. The number of hydrogen-bond acceptors (Lipinski definition) is 8. The SMILES string of the molecule is CCCCCCc1cccc(NC(=S)[S-])c1CCCCCC.CCCCCCc1cccc(NC(=S)[S-])c1CCCCCC.CCCCCCc1cccc(NC(=S)[S-])c1CCCCCC.CCCCCCc1cccc(NC(=S)[S-])c1CCCCCC.[Mo+4]. The molecule has 4 N–H and O–H groups in total. The van der Waals surface area contributed by atoms with E-state index in [9.17, 15) is 0 Å². The van der Waals surface area contributed by atoms with E-state index in [0.29, 0.717) is 17.3 Å². The predicted molar refractivity (Wildman–Crippen MR) is 423 cm³/mol. The van der Waals surface area contributed by atoms with Gasteiger partial charge in [0.05, 0.1) is 0 Å². The second kappa shape index (κ2) is 59.7. The summed E-state index contributed by atoms with van der Waals surface area (Å²) >= 11 is 40.5. The molecule has 0 aromatic heterocycles. The van der Waals surface area contributed by atoms with Gasteiger partial charge in [-0.05, 0) is 172 Å². The molecule has 89 heavy (non-hydrogen) atoms. The van der Waals surface area contributed by atoms with Gasteiger partial charge in [-0.25, -0.2) is 0 Å². The average Bonchev–Trinajstić information content (AvgIpc) is 3.71. The summed E-state index contributed by atoms with van der Waals surface area (Å²) in [5.41, 5.74) is 16.2. The van der Waals surface area contributed by atoms with Gasteiger partial charge in [0.15, 0.2) is 0 Å². The molecule has 4 aromatic rings. The molecule has 0 aliphatic rings. The fourth-order valence-electron chi connectivity index (χ4n) is 11.4. The normalized spacial score (nSPS) is 10.5. The van der Waals surface area contributed by atoms with Crippen LogP contribution in [-0.2, 0) is 123 Å². The van der Waals surface area contributed by atoms with Crippen LogP contribution in [0.1, 0.15) is 305 Å². The smallest absolute Gasteiger partial charge is 0.411 e. The van der Waals surface area contributed by atoms with Crippen LogP contribution in [0.2, 0.25) is 0 Å². The van der Waals surface area contributed by atoms with Gasteiger partial charge in [0.2, 0.25) is 0 Å². The Labute approximate surface area is 605 Å². The first-order valence-electron chi connectivity index (χ1n) is 35.1. The van der Waals surface area contributed by atoms with Crippen molar-refractivity contribution in [3.05, 3.63) is 117 Å². The van der Waals surface area contributed by atoms with Gasteiger partial charge in [-0.1, -0.05) is 275 Å². The van der Waals surface area contributed by atoms with Gasteiger partial charge >= 0.3 is 21.1 Å². The topological polar surface area (TPSA) is 48.1 Å². The Kier molecular flexibility index (Phi) is 58.4. The van der Waals surface area contributed by atoms with Crippen LogP contribution < -0.4 is 21.3 Å². The summed E-state index contributed by atoms with van der Waals surface area (Å²) in [6.45, 7) is 18.0. The van der Waals surface area contributed by atoms with E-state index in [-0.39, 0.29) is 21.1 Å². The first kappa shape index (κ1) is 87.0. The standard InChI is InChI=1S/4C19H31NS2.Mo/c4*1-3-5-7-9-12-16-13-11-15-18(20-19(21)22)17(16)14-10-8-6-4-2;/h4*11,13,15H,3-10,12,14H2,1-2H3,(H2,20,21,22);/q;;;;+4/p-4.